The number of carbonyl (C=O) groups is 1. The van der Waals surface area contributed by atoms with Gasteiger partial charge in [0.2, 0.25) is 11.2 Å². The normalized spacial score (nSPS) is 18.3. The van der Waals surface area contributed by atoms with E-state index in [0.29, 0.717) is 49.8 Å². The number of para-hydroxylation sites is 1. The number of imidazole rings is 1. The van der Waals surface area contributed by atoms with Gasteiger partial charge in [0, 0.05) is 44.5 Å². The second-order valence-electron chi connectivity index (χ2n) is 10.0. The number of hydrogen-bond donors (Lipinski definition) is 2. The van der Waals surface area contributed by atoms with Crippen LogP contribution in [0, 0.1) is 6.92 Å². The SMILES string of the molecule is COC(CCn1cnc2c(NC3CCCC3)nc(Cl)nc21)CN(C)C(=O)CP1Nc2c(C)cccc2CO1. The second kappa shape index (κ2) is 12.1. The average molecular weight is 560 g/mol. The fourth-order valence-electron chi connectivity index (χ4n) is 5.06. The van der Waals surface area contributed by atoms with E-state index in [-0.39, 0.29) is 17.3 Å². The number of benzene rings is 1. The van der Waals surface area contributed by atoms with Gasteiger partial charge in [0.15, 0.2) is 17.0 Å². The summed E-state index contributed by atoms with van der Waals surface area (Å²) in [4.78, 5) is 28.1. The van der Waals surface area contributed by atoms with E-state index in [1.807, 2.05) is 17.7 Å². The van der Waals surface area contributed by atoms with Crippen LogP contribution >= 0.6 is 19.9 Å². The number of carbonyl (C=O) groups excluding carboxylic acids is 1. The van der Waals surface area contributed by atoms with Crippen molar-refractivity contribution >= 4 is 48.5 Å². The molecule has 1 aliphatic carbocycles. The summed E-state index contributed by atoms with van der Waals surface area (Å²) in [5.74, 6) is 0.718. The molecule has 0 saturated heterocycles. The van der Waals surface area contributed by atoms with Gasteiger partial charge in [0.25, 0.3) is 0 Å². The molecule has 0 spiro atoms. The third kappa shape index (κ3) is 6.20. The largest absolute Gasteiger partial charge is 0.380 e. The zero-order valence-electron chi connectivity index (χ0n) is 22.1. The van der Waals surface area contributed by atoms with E-state index in [1.165, 1.54) is 18.4 Å². The molecule has 2 aromatic heterocycles. The number of amides is 1. The molecule has 204 valence electrons. The molecule has 1 aromatic carbocycles. The van der Waals surface area contributed by atoms with Crippen LogP contribution in [0.4, 0.5) is 11.5 Å². The summed E-state index contributed by atoms with van der Waals surface area (Å²) in [5.41, 5.74) is 4.81. The van der Waals surface area contributed by atoms with Crippen LogP contribution in [0.15, 0.2) is 24.5 Å². The molecule has 2 unspecified atom stereocenters. The van der Waals surface area contributed by atoms with Crippen molar-refractivity contribution in [2.45, 2.75) is 64.3 Å². The van der Waals surface area contributed by atoms with Gasteiger partial charge in [0.1, 0.15) is 8.30 Å². The maximum absolute atomic E-state index is 13.0. The van der Waals surface area contributed by atoms with E-state index >= 15 is 0 Å². The van der Waals surface area contributed by atoms with Gasteiger partial charge in [-0.05, 0) is 43.4 Å². The number of aromatic nitrogens is 4. The lowest BCUT2D eigenvalue weighted by molar-refractivity contribution is -0.128. The monoisotopic (exact) mass is 559 g/mol. The van der Waals surface area contributed by atoms with Crippen LogP contribution in [-0.4, -0.2) is 69.3 Å². The summed E-state index contributed by atoms with van der Waals surface area (Å²) >= 11 is 6.26. The van der Waals surface area contributed by atoms with Crippen LogP contribution in [0.1, 0.15) is 43.2 Å². The smallest absolute Gasteiger partial charge is 0.230 e. The number of likely N-dealkylation sites (N-methyl/N-ethyl adjacent to an activating group) is 1. The van der Waals surface area contributed by atoms with Crippen LogP contribution in [-0.2, 0) is 27.2 Å². The number of nitrogens with zero attached hydrogens (tertiary/aromatic N) is 5. The van der Waals surface area contributed by atoms with E-state index < -0.39 is 8.30 Å². The molecular weight excluding hydrogens is 525 g/mol. The Bertz CT molecular complexity index is 1280. The molecule has 38 heavy (non-hydrogen) atoms. The number of hydrogen-bond acceptors (Lipinski definition) is 8. The van der Waals surface area contributed by atoms with E-state index in [9.17, 15) is 4.79 Å². The molecule has 1 saturated carbocycles. The number of nitrogens with one attached hydrogen (secondary N) is 2. The summed E-state index contributed by atoms with van der Waals surface area (Å²) < 4.78 is 13.6. The van der Waals surface area contributed by atoms with E-state index in [0.717, 1.165) is 29.6 Å². The van der Waals surface area contributed by atoms with E-state index in [2.05, 4.69) is 44.4 Å². The highest BCUT2D eigenvalue weighted by Crippen LogP contribution is 2.45. The highest BCUT2D eigenvalue weighted by Gasteiger charge is 2.25. The molecule has 1 amide bonds. The topological polar surface area (TPSA) is 106 Å². The minimum atomic E-state index is -1.07. The maximum atomic E-state index is 13.0. The second-order valence-corrected chi connectivity index (χ2v) is 11.9. The van der Waals surface area contributed by atoms with Gasteiger partial charge >= 0.3 is 0 Å². The minimum absolute atomic E-state index is 0.0259. The Hall–Kier alpha value is -2.52. The first kappa shape index (κ1) is 27.1. The average Bonchev–Trinajstić information content (AvgIpc) is 3.57. The predicted molar refractivity (Wildman–Crippen MR) is 151 cm³/mol. The molecule has 1 fully saturated rings. The quantitative estimate of drug-likeness (QED) is 0.265. The van der Waals surface area contributed by atoms with Crippen LogP contribution in [0.5, 0.6) is 0 Å². The number of methoxy groups -OCH3 is 1. The molecule has 5 rings (SSSR count). The fourth-order valence-corrected chi connectivity index (χ4v) is 6.81. The van der Waals surface area contributed by atoms with Crippen molar-refractivity contribution in [1.82, 2.24) is 24.4 Å². The Morgan fingerprint density at radius 2 is 2.18 bits per heavy atom. The molecule has 3 heterocycles. The standard InChI is InChI=1S/C26H35ClN7O3P/c1-17-7-6-8-18-14-37-38(32-22(17)18)15-21(35)33(2)13-20(36-3)11-12-34-16-28-23-24(29-19-9-4-5-10-19)30-26(27)31-25(23)34/h6-8,16,19-20,32H,4-5,9-15H2,1-3H3,(H,29,30,31). The molecule has 2 atom stereocenters. The first-order valence-corrected chi connectivity index (χ1v) is 14.9. The molecule has 2 aliphatic rings. The zero-order valence-corrected chi connectivity index (χ0v) is 23.8. The maximum Gasteiger partial charge on any atom is 0.230 e. The molecule has 12 heteroatoms. The minimum Gasteiger partial charge on any atom is -0.380 e. The third-order valence-corrected chi connectivity index (χ3v) is 8.95. The lowest BCUT2D eigenvalue weighted by Crippen LogP contribution is -2.37. The van der Waals surface area contributed by atoms with Crippen molar-refractivity contribution < 1.29 is 14.1 Å². The Labute approximate surface area is 229 Å². The Morgan fingerprint density at radius 3 is 2.97 bits per heavy atom. The summed E-state index contributed by atoms with van der Waals surface area (Å²) in [6.07, 6.45) is 7.32. The highest BCUT2D eigenvalue weighted by atomic mass is 35.5. The van der Waals surface area contributed by atoms with E-state index in [1.54, 1.807) is 18.3 Å². The molecule has 0 bridgehead atoms. The molecule has 3 aromatic rings. The van der Waals surface area contributed by atoms with Gasteiger partial charge in [-0.25, -0.2) is 4.98 Å². The Balaban J connectivity index is 1.17. The number of aryl methyl sites for hydroxylation is 2. The molecule has 2 N–H and O–H groups in total. The summed E-state index contributed by atoms with van der Waals surface area (Å²) in [7, 11) is 2.41. The van der Waals surface area contributed by atoms with Crippen LogP contribution in [0.3, 0.4) is 0 Å². The Kier molecular flexibility index (Phi) is 8.63. The highest BCUT2D eigenvalue weighted by molar-refractivity contribution is 7.55. The van der Waals surface area contributed by atoms with Gasteiger partial charge in [-0.3, -0.25) is 4.79 Å². The van der Waals surface area contributed by atoms with Gasteiger partial charge in [0.05, 0.1) is 25.2 Å². The van der Waals surface area contributed by atoms with Gasteiger partial charge in [-0.2, -0.15) is 9.97 Å². The van der Waals surface area contributed by atoms with Crippen LogP contribution < -0.4 is 10.4 Å². The van der Waals surface area contributed by atoms with Crippen LogP contribution in [0.25, 0.3) is 11.2 Å². The van der Waals surface area contributed by atoms with Crippen LogP contribution in [0.2, 0.25) is 5.28 Å². The van der Waals surface area contributed by atoms with Crippen molar-refractivity contribution in [2.24, 2.45) is 0 Å². The number of ether oxygens (including phenoxy) is 1. The van der Waals surface area contributed by atoms with E-state index in [4.69, 9.17) is 20.9 Å². The van der Waals surface area contributed by atoms with Crippen molar-refractivity contribution in [3.63, 3.8) is 0 Å². The lowest BCUT2D eigenvalue weighted by atomic mass is 10.1. The number of rotatable bonds is 10. The first-order valence-electron chi connectivity index (χ1n) is 13.1. The van der Waals surface area contributed by atoms with Crippen molar-refractivity contribution in [3.05, 3.63) is 40.9 Å². The molecular formula is C26H35ClN7O3P. The summed E-state index contributed by atoms with van der Waals surface area (Å²) in [6.45, 7) is 3.70. The molecule has 1 aliphatic heterocycles. The van der Waals surface area contributed by atoms with Gasteiger partial charge < -0.3 is 29.1 Å². The summed E-state index contributed by atoms with van der Waals surface area (Å²) in [6, 6.07) is 6.54. The number of fused-ring (bicyclic) bond motifs is 2. The van der Waals surface area contributed by atoms with Crippen molar-refractivity contribution in [3.8, 4) is 0 Å². The Morgan fingerprint density at radius 1 is 1.37 bits per heavy atom. The summed E-state index contributed by atoms with van der Waals surface area (Å²) in [5, 5.41) is 7.14. The number of halogens is 1. The number of anilines is 2. The zero-order chi connectivity index (χ0) is 26.6. The third-order valence-electron chi connectivity index (χ3n) is 7.31. The van der Waals surface area contributed by atoms with Crippen molar-refractivity contribution in [1.29, 1.82) is 0 Å². The van der Waals surface area contributed by atoms with Gasteiger partial charge in [-0.15, -0.1) is 0 Å². The predicted octanol–water partition coefficient (Wildman–Crippen LogP) is 4.96. The van der Waals surface area contributed by atoms with Gasteiger partial charge in [-0.1, -0.05) is 31.0 Å². The lowest BCUT2D eigenvalue weighted by Gasteiger charge is -2.29. The molecule has 10 nitrogen and oxygen atoms in total. The molecule has 0 radical (unpaired) electrons. The fraction of sp³-hybridized carbons (Fsp3) is 0.538. The van der Waals surface area contributed by atoms with Crippen molar-refractivity contribution in [2.75, 3.05) is 37.3 Å². The first-order chi connectivity index (χ1) is 18.4.